The maximum atomic E-state index is 11.7. The molecule has 126 valence electrons. The van der Waals surface area contributed by atoms with E-state index in [1.165, 1.54) is 12.1 Å². The molecule has 0 aliphatic heterocycles. The zero-order valence-electron chi connectivity index (χ0n) is 13.2. The monoisotopic (exact) mass is 322 g/mol. The molecule has 1 aromatic carbocycles. The molecule has 0 unspecified atom stereocenters. The number of rotatable bonds is 9. The average molecular weight is 322 g/mol. The number of esters is 2. The van der Waals surface area contributed by atoms with Gasteiger partial charge >= 0.3 is 11.9 Å². The van der Waals surface area contributed by atoms with E-state index in [0.29, 0.717) is 18.6 Å². The molecular formula is C17H22O6. The number of carbonyl (C=O) groups excluding carboxylic acids is 2. The van der Waals surface area contributed by atoms with E-state index < -0.39 is 5.97 Å². The van der Waals surface area contributed by atoms with Crippen molar-refractivity contribution >= 4 is 11.9 Å². The van der Waals surface area contributed by atoms with Gasteiger partial charge in [-0.3, -0.25) is 0 Å². The molecule has 0 aromatic heterocycles. The van der Waals surface area contributed by atoms with Gasteiger partial charge in [-0.15, -0.1) is 0 Å². The molecule has 0 aliphatic carbocycles. The maximum absolute atomic E-state index is 11.7. The summed E-state index contributed by atoms with van der Waals surface area (Å²) in [5, 5.41) is 18.7. The van der Waals surface area contributed by atoms with Crippen molar-refractivity contribution < 1.29 is 29.3 Å². The summed E-state index contributed by atoms with van der Waals surface area (Å²) in [7, 11) is 0. The largest absolute Gasteiger partial charge is 0.508 e. The Balaban J connectivity index is 2.12. The molecular weight excluding hydrogens is 300 g/mol. The standard InChI is InChI=1S/C17H22O6/c1-12(2)16(20)22-9-5-3-4-6-10-23-17(21)14-8-7-13(18)11-15(14)19/h7-8,11,18-19H,1,3-6,9-10H2,2H3. The molecule has 23 heavy (non-hydrogen) atoms. The Morgan fingerprint density at radius 2 is 1.65 bits per heavy atom. The van der Waals surface area contributed by atoms with Gasteiger partial charge in [-0.25, -0.2) is 9.59 Å². The van der Waals surface area contributed by atoms with Gasteiger partial charge in [0.1, 0.15) is 17.1 Å². The third-order valence-electron chi connectivity index (χ3n) is 3.05. The molecule has 1 rings (SSSR count). The summed E-state index contributed by atoms with van der Waals surface area (Å²) in [5.41, 5.74) is 0.406. The van der Waals surface area contributed by atoms with Crippen LogP contribution in [-0.4, -0.2) is 35.4 Å². The highest BCUT2D eigenvalue weighted by molar-refractivity contribution is 5.92. The van der Waals surface area contributed by atoms with Crippen LogP contribution >= 0.6 is 0 Å². The Bertz CT molecular complexity index is 564. The zero-order chi connectivity index (χ0) is 17.2. The van der Waals surface area contributed by atoms with Crippen molar-refractivity contribution in [2.24, 2.45) is 0 Å². The van der Waals surface area contributed by atoms with Gasteiger partial charge in [0.25, 0.3) is 0 Å². The number of carbonyl (C=O) groups is 2. The lowest BCUT2D eigenvalue weighted by Crippen LogP contribution is -2.07. The molecule has 2 N–H and O–H groups in total. The van der Waals surface area contributed by atoms with Crippen molar-refractivity contribution in [3.8, 4) is 11.5 Å². The number of hydrogen-bond donors (Lipinski definition) is 2. The summed E-state index contributed by atoms with van der Waals surface area (Å²) < 4.78 is 10.0. The van der Waals surface area contributed by atoms with Crippen molar-refractivity contribution in [2.45, 2.75) is 32.6 Å². The maximum Gasteiger partial charge on any atom is 0.341 e. The fraction of sp³-hybridized carbons (Fsp3) is 0.412. The number of phenolic OH excluding ortho intramolecular Hbond substituents is 2. The van der Waals surface area contributed by atoms with E-state index in [-0.39, 0.29) is 29.6 Å². The number of benzene rings is 1. The smallest absolute Gasteiger partial charge is 0.341 e. The molecule has 0 atom stereocenters. The van der Waals surface area contributed by atoms with Crippen LogP contribution in [0.5, 0.6) is 11.5 Å². The third-order valence-corrected chi connectivity index (χ3v) is 3.05. The first-order valence-corrected chi connectivity index (χ1v) is 7.43. The average Bonchev–Trinajstić information content (AvgIpc) is 2.49. The van der Waals surface area contributed by atoms with Crippen LogP contribution < -0.4 is 0 Å². The molecule has 0 bridgehead atoms. The van der Waals surface area contributed by atoms with Gasteiger partial charge in [-0.05, 0) is 44.7 Å². The van der Waals surface area contributed by atoms with Crippen LogP contribution in [0.15, 0.2) is 30.4 Å². The second-order valence-corrected chi connectivity index (χ2v) is 5.17. The lowest BCUT2D eigenvalue weighted by atomic mass is 10.2. The van der Waals surface area contributed by atoms with Crippen molar-refractivity contribution in [1.29, 1.82) is 0 Å². The fourth-order valence-electron chi connectivity index (χ4n) is 1.78. The molecule has 0 heterocycles. The van der Waals surface area contributed by atoms with Gasteiger partial charge in [0, 0.05) is 11.6 Å². The molecule has 0 radical (unpaired) electrons. The molecule has 6 nitrogen and oxygen atoms in total. The second-order valence-electron chi connectivity index (χ2n) is 5.17. The van der Waals surface area contributed by atoms with Crippen molar-refractivity contribution in [1.82, 2.24) is 0 Å². The molecule has 0 aliphatic rings. The van der Waals surface area contributed by atoms with E-state index in [1.807, 2.05) is 0 Å². The number of unbranched alkanes of at least 4 members (excludes halogenated alkanes) is 3. The van der Waals surface area contributed by atoms with E-state index in [2.05, 4.69) is 6.58 Å². The minimum absolute atomic E-state index is 0.0227. The Morgan fingerprint density at radius 3 is 2.22 bits per heavy atom. The van der Waals surface area contributed by atoms with Crippen LogP contribution in [0.25, 0.3) is 0 Å². The highest BCUT2D eigenvalue weighted by Crippen LogP contribution is 2.23. The van der Waals surface area contributed by atoms with Gasteiger partial charge in [0.2, 0.25) is 0 Å². The predicted molar refractivity (Wildman–Crippen MR) is 84.3 cm³/mol. The SMILES string of the molecule is C=C(C)C(=O)OCCCCCCOC(=O)c1ccc(O)cc1O. The molecule has 6 heteroatoms. The normalized spacial score (nSPS) is 10.1. The van der Waals surface area contributed by atoms with Crippen LogP contribution in [-0.2, 0) is 14.3 Å². The fourth-order valence-corrected chi connectivity index (χ4v) is 1.78. The van der Waals surface area contributed by atoms with E-state index in [9.17, 15) is 14.7 Å². The van der Waals surface area contributed by atoms with Crippen LogP contribution in [0.2, 0.25) is 0 Å². The number of phenols is 2. The number of ether oxygens (including phenoxy) is 2. The molecule has 0 spiro atoms. The van der Waals surface area contributed by atoms with Gasteiger partial charge in [0.05, 0.1) is 13.2 Å². The summed E-state index contributed by atoms with van der Waals surface area (Å²) in [5.74, 6) is -1.44. The molecule has 0 saturated heterocycles. The highest BCUT2D eigenvalue weighted by Gasteiger charge is 2.12. The topological polar surface area (TPSA) is 93.1 Å². The van der Waals surface area contributed by atoms with Crippen LogP contribution in [0.1, 0.15) is 43.0 Å². The van der Waals surface area contributed by atoms with E-state index in [0.717, 1.165) is 25.3 Å². The van der Waals surface area contributed by atoms with Gasteiger partial charge in [-0.1, -0.05) is 6.58 Å². The minimum Gasteiger partial charge on any atom is -0.508 e. The molecule has 1 aromatic rings. The summed E-state index contributed by atoms with van der Waals surface area (Å²) >= 11 is 0. The van der Waals surface area contributed by atoms with E-state index in [1.54, 1.807) is 6.92 Å². The number of hydrogen-bond acceptors (Lipinski definition) is 6. The first-order chi connectivity index (χ1) is 10.9. The van der Waals surface area contributed by atoms with Gasteiger partial charge in [-0.2, -0.15) is 0 Å². The lowest BCUT2D eigenvalue weighted by Gasteiger charge is -2.07. The number of aromatic hydroxyl groups is 2. The Kier molecular flexibility index (Phi) is 7.66. The second kappa shape index (κ2) is 9.50. The summed E-state index contributed by atoms with van der Waals surface area (Å²) in [6.07, 6.45) is 3.11. The predicted octanol–water partition coefficient (Wildman–Crippen LogP) is 2.93. The van der Waals surface area contributed by atoms with Crippen molar-refractivity contribution in [3.05, 3.63) is 35.9 Å². The zero-order valence-corrected chi connectivity index (χ0v) is 13.2. The first kappa shape index (κ1) is 18.5. The summed E-state index contributed by atoms with van der Waals surface area (Å²) in [4.78, 5) is 22.8. The first-order valence-electron chi connectivity index (χ1n) is 7.43. The van der Waals surface area contributed by atoms with Crippen molar-refractivity contribution in [2.75, 3.05) is 13.2 Å². The Labute approximate surface area is 135 Å². The lowest BCUT2D eigenvalue weighted by molar-refractivity contribution is -0.139. The summed E-state index contributed by atoms with van der Waals surface area (Å²) in [6, 6.07) is 3.70. The van der Waals surface area contributed by atoms with E-state index >= 15 is 0 Å². The molecule has 0 saturated carbocycles. The molecule has 0 fully saturated rings. The van der Waals surface area contributed by atoms with Crippen LogP contribution in [0, 0.1) is 0 Å². The minimum atomic E-state index is -0.627. The van der Waals surface area contributed by atoms with Gasteiger partial charge < -0.3 is 19.7 Å². The van der Waals surface area contributed by atoms with Crippen molar-refractivity contribution in [3.63, 3.8) is 0 Å². The summed E-state index contributed by atoms with van der Waals surface area (Å²) in [6.45, 7) is 5.69. The van der Waals surface area contributed by atoms with E-state index in [4.69, 9.17) is 14.6 Å². The van der Waals surface area contributed by atoms with Crippen LogP contribution in [0.4, 0.5) is 0 Å². The quantitative estimate of drug-likeness (QED) is 0.412. The highest BCUT2D eigenvalue weighted by atomic mass is 16.5. The van der Waals surface area contributed by atoms with Crippen LogP contribution in [0.3, 0.4) is 0 Å². The Morgan fingerprint density at radius 1 is 1.04 bits per heavy atom. The Hall–Kier alpha value is -2.50. The third kappa shape index (κ3) is 6.86. The molecule has 0 amide bonds. The van der Waals surface area contributed by atoms with Gasteiger partial charge in [0.15, 0.2) is 0 Å².